The van der Waals surface area contributed by atoms with Gasteiger partial charge in [-0.1, -0.05) is 42.2 Å². The van der Waals surface area contributed by atoms with Crippen molar-refractivity contribution in [3.63, 3.8) is 0 Å². The van der Waals surface area contributed by atoms with E-state index < -0.39 is 4.92 Å². The standard InChI is InChI=1S/C22H16N2O5S2/c1-13-5-3-4-6-17(13)23-21(25)20(31-22(23)30)12-15-8-10-19(29-15)16-9-7-14(28-2)11-18(16)24(26)27/h3-12H,1-2H3/b20-12+. The van der Waals surface area contributed by atoms with Gasteiger partial charge in [0.05, 0.1) is 34.3 Å². The smallest absolute Gasteiger partial charge is 0.284 e. The number of anilines is 1. The van der Waals surface area contributed by atoms with Crippen molar-refractivity contribution in [3.05, 3.63) is 80.9 Å². The van der Waals surface area contributed by atoms with E-state index in [1.54, 1.807) is 30.3 Å². The second-order valence-corrected chi connectivity index (χ2v) is 8.32. The number of ether oxygens (including phenoxy) is 1. The van der Waals surface area contributed by atoms with Crippen molar-refractivity contribution in [2.24, 2.45) is 0 Å². The van der Waals surface area contributed by atoms with Gasteiger partial charge in [0.1, 0.15) is 17.3 Å². The summed E-state index contributed by atoms with van der Waals surface area (Å²) in [4.78, 5) is 25.8. The van der Waals surface area contributed by atoms with Gasteiger partial charge in [0, 0.05) is 6.08 Å². The molecule has 156 valence electrons. The van der Waals surface area contributed by atoms with Gasteiger partial charge in [-0.25, -0.2) is 0 Å². The number of nitro benzene ring substituents is 1. The van der Waals surface area contributed by atoms with Crippen LogP contribution < -0.4 is 9.64 Å². The zero-order valence-corrected chi connectivity index (χ0v) is 18.2. The van der Waals surface area contributed by atoms with E-state index in [1.165, 1.54) is 29.8 Å². The van der Waals surface area contributed by atoms with Crippen LogP contribution in [0.4, 0.5) is 11.4 Å². The quantitative estimate of drug-likeness (QED) is 0.216. The minimum atomic E-state index is -0.493. The van der Waals surface area contributed by atoms with Crippen LogP contribution in [0.2, 0.25) is 0 Å². The fourth-order valence-corrected chi connectivity index (χ4v) is 4.46. The number of thioether (sulfide) groups is 1. The Kier molecular flexibility index (Phi) is 5.62. The lowest BCUT2D eigenvalue weighted by Crippen LogP contribution is -2.28. The van der Waals surface area contributed by atoms with Crippen molar-refractivity contribution >= 4 is 51.7 Å². The largest absolute Gasteiger partial charge is 0.497 e. The number of nitrogens with zero attached hydrogens (tertiary/aromatic N) is 2. The molecule has 31 heavy (non-hydrogen) atoms. The third kappa shape index (κ3) is 3.97. The summed E-state index contributed by atoms with van der Waals surface area (Å²) in [6.45, 7) is 1.91. The Balaban J connectivity index is 1.65. The second kappa shape index (κ2) is 8.37. The predicted octanol–water partition coefficient (Wildman–Crippen LogP) is 5.58. The number of carbonyl (C=O) groups is 1. The minimum Gasteiger partial charge on any atom is -0.497 e. The number of carbonyl (C=O) groups excluding carboxylic acids is 1. The topological polar surface area (TPSA) is 85.8 Å². The molecule has 7 nitrogen and oxygen atoms in total. The van der Waals surface area contributed by atoms with Crippen LogP contribution in [0.1, 0.15) is 11.3 Å². The highest BCUT2D eigenvalue weighted by molar-refractivity contribution is 8.27. The van der Waals surface area contributed by atoms with Gasteiger partial charge in [0.15, 0.2) is 4.32 Å². The van der Waals surface area contributed by atoms with Crippen molar-refractivity contribution in [3.8, 4) is 17.1 Å². The third-order valence-corrected chi connectivity index (χ3v) is 6.02. The van der Waals surface area contributed by atoms with Crippen molar-refractivity contribution in [2.75, 3.05) is 12.0 Å². The fourth-order valence-electron chi connectivity index (χ4n) is 3.19. The van der Waals surface area contributed by atoms with Crippen LogP contribution in [0.25, 0.3) is 17.4 Å². The summed E-state index contributed by atoms with van der Waals surface area (Å²) in [7, 11) is 1.44. The highest BCUT2D eigenvalue weighted by Gasteiger charge is 2.34. The van der Waals surface area contributed by atoms with Gasteiger partial charge in [-0.2, -0.15) is 0 Å². The molecule has 1 fully saturated rings. The molecule has 1 aliphatic heterocycles. The maximum Gasteiger partial charge on any atom is 0.284 e. The molecule has 4 rings (SSSR count). The molecule has 2 heterocycles. The number of amides is 1. The number of benzene rings is 2. The first-order valence-electron chi connectivity index (χ1n) is 9.15. The molecule has 0 spiro atoms. The maximum absolute atomic E-state index is 13.0. The molecule has 0 bridgehead atoms. The summed E-state index contributed by atoms with van der Waals surface area (Å²) in [5, 5.41) is 11.5. The molecule has 1 amide bonds. The highest BCUT2D eigenvalue weighted by atomic mass is 32.2. The number of methoxy groups -OCH3 is 1. The van der Waals surface area contributed by atoms with Gasteiger partial charge < -0.3 is 9.15 Å². The Bertz CT molecular complexity index is 1250. The number of hydrogen-bond donors (Lipinski definition) is 0. The zero-order chi connectivity index (χ0) is 22.1. The van der Waals surface area contributed by atoms with E-state index in [1.807, 2.05) is 31.2 Å². The Morgan fingerprint density at radius 2 is 1.97 bits per heavy atom. The van der Waals surface area contributed by atoms with Gasteiger partial charge in [0.25, 0.3) is 11.6 Å². The molecule has 2 aromatic carbocycles. The summed E-state index contributed by atoms with van der Waals surface area (Å²) in [6, 6.07) is 15.3. The number of thiocarbonyl (C=S) groups is 1. The van der Waals surface area contributed by atoms with E-state index >= 15 is 0 Å². The number of para-hydroxylation sites is 1. The van der Waals surface area contributed by atoms with Crippen LogP contribution in [-0.4, -0.2) is 22.3 Å². The average molecular weight is 453 g/mol. The first-order valence-corrected chi connectivity index (χ1v) is 10.4. The predicted molar refractivity (Wildman–Crippen MR) is 124 cm³/mol. The number of rotatable bonds is 5. The molecule has 1 saturated heterocycles. The lowest BCUT2D eigenvalue weighted by Gasteiger charge is -2.16. The zero-order valence-electron chi connectivity index (χ0n) is 16.5. The van der Waals surface area contributed by atoms with E-state index in [4.69, 9.17) is 21.4 Å². The van der Waals surface area contributed by atoms with Crippen molar-refractivity contribution in [1.82, 2.24) is 0 Å². The molecule has 0 atom stereocenters. The number of hydrogen-bond acceptors (Lipinski definition) is 7. The van der Waals surface area contributed by atoms with Crippen LogP contribution in [0.5, 0.6) is 5.75 Å². The van der Waals surface area contributed by atoms with Gasteiger partial charge in [-0.05, 0) is 42.8 Å². The average Bonchev–Trinajstić information content (AvgIpc) is 3.32. The first-order chi connectivity index (χ1) is 14.9. The van der Waals surface area contributed by atoms with Gasteiger partial charge in [-0.3, -0.25) is 19.8 Å². The molecule has 0 radical (unpaired) electrons. The Labute approximate surface area is 187 Å². The Hall–Kier alpha value is -3.43. The van der Waals surface area contributed by atoms with Crippen LogP contribution in [0.15, 0.2) is 63.9 Å². The summed E-state index contributed by atoms with van der Waals surface area (Å²) >= 11 is 6.60. The number of nitro groups is 1. The van der Waals surface area contributed by atoms with Gasteiger partial charge >= 0.3 is 0 Å². The summed E-state index contributed by atoms with van der Waals surface area (Å²) < 4.78 is 11.3. The maximum atomic E-state index is 13.0. The molecule has 0 aliphatic carbocycles. The van der Waals surface area contributed by atoms with Gasteiger partial charge in [0.2, 0.25) is 0 Å². The molecule has 3 aromatic rings. The molecule has 1 aliphatic rings. The summed E-state index contributed by atoms with van der Waals surface area (Å²) in [5.74, 6) is 0.847. The number of aryl methyl sites for hydroxylation is 1. The van der Waals surface area contributed by atoms with E-state index in [0.29, 0.717) is 32.1 Å². The molecule has 9 heteroatoms. The fraction of sp³-hybridized carbons (Fsp3) is 0.0909. The van der Waals surface area contributed by atoms with Crippen molar-refractivity contribution in [1.29, 1.82) is 0 Å². The highest BCUT2D eigenvalue weighted by Crippen LogP contribution is 2.39. The molecular weight excluding hydrogens is 436 g/mol. The lowest BCUT2D eigenvalue weighted by molar-refractivity contribution is -0.384. The summed E-state index contributed by atoms with van der Waals surface area (Å²) in [5.41, 5.74) is 1.86. The van der Waals surface area contributed by atoms with E-state index in [-0.39, 0.29) is 11.6 Å². The van der Waals surface area contributed by atoms with Crippen LogP contribution in [0.3, 0.4) is 0 Å². The molecule has 1 aromatic heterocycles. The van der Waals surface area contributed by atoms with Crippen LogP contribution in [-0.2, 0) is 4.79 Å². The third-order valence-electron chi connectivity index (χ3n) is 4.72. The van der Waals surface area contributed by atoms with Crippen LogP contribution in [0, 0.1) is 17.0 Å². The summed E-state index contributed by atoms with van der Waals surface area (Å²) in [6.07, 6.45) is 1.59. The second-order valence-electron chi connectivity index (χ2n) is 6.65. The van der Waals surface area contributed by atoms with E-state index in [2.05, 4.69) is 0 Å². The van der Waals surface area contributed by atoms with E-state index in [9.17, 15) is 14.9 Å². The molecule has 0 saturated carbocycles. The SMILES string of the molecule is COc1ccc(-c2ccc(/C=C3/SC(=S)N(c4ccccc4C)C3=O)o2)c([N+](=O)[O-])c1. The minimum absolute atomic E-state index is 0.133. The lowest BCUT2D eigenvalue weighted by atomic mass is 10.1. The molecule has 0 unspecified atom stereocenters. The van der Waals surface area contributed by atoms with Crippen LogP contribution >= 0.6 is 24.0 Å². The van der Waals surface area contributed by atoms with Crippen molar-refractivity contribution in [2.45, 2.75) is 6.92 Å². The Morgan fingerprint density at radius 3 is 2.68 bits per heavy atom. The molecular formula is C22H16N2O5S2. The van der Waals surface area contributed by atoms with Gasteiger partial charge in [-0.15, -0.1) is 0 Å². The van der Waals surface area contributed by atoms with Crippen molar-refractivity contribution < 1.29 is 18.9 Å². The first kappa shape index (κ1) is 20.8. The van der Waals surface area contributed by atoms with E-state index in [0.717, 1.165) is 11.3 Å². The Morgan fingerprint density at radius 1 is 1.19 bits per heavy atom. The monoisotopic (exact) mass is 452 g/mol. The normalized spacial score (nSPS) is 15.0. The number of furan rings is 1. The molecule has 0 N–H and O–H groups in total.